The van der Waals surface area contributed by atoms with E-state index >= 15 is 0 Å². The van der Waals surface area contributed by atoms with Crippen LogP contribution in [0, 0.1) is 19.7 Å². The fraction of sp³-hybridized carbons (Fsp3) is 0.278. The van der Waals surface area contributed by atoms with Crippen LogP contribution in [0.4, 0.5) is 4.39 Å². The Bertz CT molecular complexity index is 719. The molecule has 3 rings (SSSR count). The molecular formula is C18H18FNO2. The Morgan fingerprint density at radius 2 is 1.86 bits per heavy atom. The molecule has 0 unspecified atom stereocenters. The number of hydrogen-bond donors (Lipinski definition) is 2. The molecule has 22 heavy (non-hydrogen) atoms. The Kier molecular flexibility index (Phi) is 3.71. The second-order valence-corrected chi connectivity index (χ2v) is 5.85. The van der Waals surface area contributed by atoms with E-state index in [0.29, 0.717) is 23.1 Å². The van der Waals surface area contributed by atoms with Crippen molar-refractivity contribution >= 4 is 5.91 Å². The maximum Gasteiger partial charge on any atom is 0.251 e. The summed E-state index contributed by atoms with van der Waals surface area (Å²) in [7, 11) is 0. The number of carbonyl (C=O) groups is 1. The molecule has 0 saturated carbocycles. The van der Waals surface area contributed by atoms with E-state index in [1.165, 1.54) is 12.1 Å². The average Bonchev–Trinajstić information content (AvgIpc) is 2.80. The van der Waals surface area contributed by atoms with Crippen molar-refractivity contribution in [3.8, 4) is 0 Å². The number of fused-ring (bicyclic) bond motifs is 1. The minimum atomic E-state index is -0.635. The van der Waals surface area contributed by atoms with Gasteiger partial charge in [-0.15, -0.1) is 0 Å². The fourth-order valence-corrected chi connectivity index (χ4v) is 3.05. The third kappa shape index (κ3) is 2.50. The van der Waals surface area contributed by atoms with Gasteiger partial charge < -0.3 is 10.4 Å². The standard InChI is InChI=1S/C18H18FNO2/c1-10-7-13(8-11(2)16(10)19)18(22)20-17-14-6-4-3-5-12(14)9-15(17)21/h3-8,15,17,21H,9H2,1-2H3,(H,20,22)/t15-,17+/m1/s1. The minimum absolute atomic E-state index is 0.289. The number of aryl methyl sites for hydroxylation is 2. The van der Waals surface area contributed by atoms with Gasteiger partial charge in [-0.1, -0.05) is 24.3 Å². The Hall–Kier alpha value is -2.20. The van der Waals surface area contributed by atoms with Crippen LogP contribution in [0.3, 0.4) is 0 Å². The molecule has 3 nitrogen and oxygen atoms in total. The van der Waals surface area contributed by atoms with Crippen molar-refractivity contribution in [2.75, 3.05) is 0 Å². The van der Waals surface area contributed by atoms with Gasteiger partial charge >= 0.3 is 0 Å². The van der Waals surface area contributed by atoms with Crippen LogP contribution in [0.25, 0.3) is 0 Å². The summed E-state index contributed by atoms with van der Waals surface area (Å²) < 4.78 is 13.7. The number of hydrogen-bond acceptors (Lipinski definition) is 2. The molecule has 0 radical (unpaired) electrons. The molecule has 2 aromatic rings. The lowest BCUT2D eigenvalue weighted by Gasteiger charge is -2.18. The number of nitrogens with one attached hydrogen (secondary N) is 1. The predicted molar refractivity (Wildman–Crippen MR) is 82.2 cm³/mol. The van der Waals surface area contributed by atoms with E-state index in [9.17, 15) is 14.3 Å². The molecule has 2 N–H and O–H groups in total. The molecule has 2 atom stereocenters. The van der Waals surface area contributed by atoms with Gasteiger partial charge in [0.1, 0.15) is 5.82 Å². The molecule has 0 bridgehead atoms. The van der Waals surface area contributed by atoms with Gasteiger partial charge in [0.05, 0.1) is 12.1 Å². The molecule has 0 spiro atoms. The van der Waals surface area contributed by atoms with Crippen LogP contribution in [-0.4, -0.2) is 17.1 Å². The van der Waals surface area contributed by atoms with E-state index in [4.69, 9.17) is 0 Å². The summed E-state index contributed by atoms with van der Waals surface area (Å²) in [6, 6.07) is 10.3. The maximum absolute atomic E-state index is 13.7. The first-order chi connectivity index (χ1) is 10.5. The molecule has 0 aromatic heterocycles. The zero-order valence-electron chi connectivity index (χ0n) is 12.6. The van der Waals surface area contributed by atoms with Gasteiger partial charge in [-0.05, 0) is 48.2 Å². The number of halogens is 1. The number of carbonyl (C=O) groups excluding carboxylic acids is 1. The highest BCUT2D eigenvalue weighted by molar-refractivity contribution is 5.95. The lowest BCUT2D eigenvalue weighted by Crippen LogP contribution is -2.34. The Labute approximate surface area is 128 Å². The number of benzene rings is 2. The summed E-state index contributed by atoms with van der Waals surface area (Å²) in [5.74, 6) is -0.588. The Balaban J connectivity index is 1.86. The molecule has 1 aliphatic rings. The highest BCUT2D eigenvalue weighted by atomic mass is 19.1. The van der Waals surface area contributed by atoms with Gasteiger partial charge in [0.15, 0.2) is 0 Å². The third-order valence-electron chi connectivity index (χ3n) is 4.19. The fourth-order valence-electron chi connectivity index (χ4n) is 3.05. The van der Waals surface area contributed by atoms with Gasteiger partial charge in [-0.25, -0.2) is 4.39 Å². The van der Waals surface area contributed by atoms with Crippen molar-refractivity contribution in [2.24, 2.45) is 0 Å². The summed E-state index contributed by atoms with van der Waals surface area (Å²) >= 11 is 0. The largest absolute Gasteiger partial charge is 0.390 e. The van der Waals surface area contributed by atoms with Gasteiger partial charge in [0, 0.05) is 12.0 Å². The summed E-state index contributed by atoms with van der Waals surface area (Å²) in [4.78, 5) is 12.4. The van der Waals surface area contributed by atoms with Crippen LogP contribution < -0.4 is 5.32 Å². The van der Waals surface area contributed by atoms with Crippen molar-refractivity contribution in [1.29, 1.82) is 0 Å². The van der Waals surface area contributed by atoms with Crippen molar-refractivity contribution in [2.45, 2.75) is 32.4 Å². The summed E-state index contributed by atoms with van der Waals surface area (Å²) in [5, 5.41) is 13.0. The van der Waals surface area contributed by atoms with Crippen molar-refractivity contribution in [3.05, 3.63) is 70.0 Å². The van der Waals surface area contributed by atoms with E-state index in [2.05, 4.69) is 5.32 Å². The van der Waals surface area contributed by atoms with Crippen LogP contribution >= 0.6 is 0 Å². The van der Waals surface area contributed by atoms with Crippen LogP contribution in [0.2, 0.25) is 0 Å². The van der Waals surface area contributed by atoms with Crippen LogP contribution in [0.15, 0.2) is 36.4 Å². The molecule has 0 saturated heterocycles. The topological polar surface area (TPSA) is 49.3 Å². The molecule has 4 heteroatoms. The lowest BCUT2D eigenvalue weighted by atomic mass is 10.0. The second-order valence-electron chi connectivity index (χ2n) is 5.85. The van der Waals surface area contributed by atoms with E-state index in [1.54, 1.807) is 13.8 Å². The smallest absolute Gasteiger partial charge is 0.251 e. The monoisotopic (exact) mass is 299 g/mol. The molecule has 2 aromatic carbocycles. The SMILES string of the molecule is Cc1cc(C(=O)N[C@H]2c3ccccc3C[C@H]2O)cc(C)c1F. The molecule has 1 amide bonds. The second kappa shape index (κ2) is 5.54. The molecular weight excluding hydrogens is 281 g/mol. The zero-order valence-corrected chi connectivity index (χ0v) is 12.6. The number of rotatable bonds is 2. The highest BCUT2D eigenvalue weighted by Crippen LogP contribution is 2.31. The molecule has 0 heterocycles. The van der Waals surface area contributed by atoms with Gasteiger partial charge in [-0.2, -0.15) is 0 Å². The predicted octanol–water partition coefficient (Wildman–Crippen LogP) is 2.83. The maximum atomic E-state index is 13.7. The first-order valence-corrected chi connectivity index (χ1v) is 7.31. The summed E-state index contributed by atoms with van der Waals surface area (Å²) in [6.07, 6.45) is -0.105. The lowest BCUT2D eigenvalue weighted by molar-refractivity contribution is 0.0858. The quantitative estimate of drug-likeness (QED) is 0.896. The van der Waals surface area contributed by atoms with E-state index in [-0.39, 0.29) is 11.7 Å². The Morgan fingerprint density at radius 3 is 2.55 bits per heavy atom. The highest BCUT2D eigenvalue weighted by Gasteiger charge is 2.32. The van der Waals surface area contributed by atoms with Crippen molar-refractivity contribution in [1.82, 2.24) is 5.32 Å². The summed E-state index contributed by atoms with van der Waals surface area (Å²) in [6.45, 7) is 3.28. The van der Waals surface area contributed by atoms with Crippen LogP contribution in [0.5, 0.6) is 0 Å². The number of amides is 1. The molecule has 114 valence electrons. The van der Waals surface area contributed by atoms with Crippen LogP contribution in [-0.2, 0) is 6.42 Å². The molecule has 0 aliphatic heterocycles. The van der Waals surface area contributed by atoms with E-state index < -0.39 is 12.1 Å². The minimum Gasteiger partial charge on any atom is -0.390 e. The van der Waals surface area contributed by atoms with Crippen molar-refractivity contribution < 1.29 is 14.3 Å². The van der Waals surface area contributed by atoms with Gasteiger partial charge in [0.2, 0.25) is 0 Å². The number of aliphatic hydroxyl groups is 1. The summed E-state index contributed by atoms with van der Waals surface area (Å²) in [5.41, 5.74) is 3.29. The molecule has 1 aliphatic carbocycles. The normalized spacial score (nSPS) is 19.8. The third-order valence-corrected chi connectivity index (χ3v) is 4.19. The average molecular weight is 299 g/mol. The van der Waals surface area contributed by atoms with Crippen molar-refractivity contribution in [3.63, 3.8) is 0 Å². The first-order valence-electron chi connectivity index (χ1n) is 7.31. The zero-order chi connectivity index (χ0) is 15.9. The van der Waals surface area contributed by atoms with Gasteiger partial charge in [0.25, 0.3) is 5.91 Å². The van der Waals surface area contributed by atoms with Crippen LogP contribution in [0.1, 0.15) is 38.7 Å². The van der Waals surface area contributed by atoms with E-state index in [1.807, 2.05) is 24.3 Å². The number of aliphatic hydroxyl groups excluding tert-OH is 1. The Morgan fingerprint density at radius 1 is 1.23 bits per heavy atom. The molecule has 0 fully saturated rings. The van der Waals surface area contributed by atoms with E-state index in [0.717, 1.165) is 11.1 Å². The first kappa shape index (κ1) is 14.7. The van der Waals surface area contributed by atoms with Gasteiger partial charge in [-0.3, -0.25) is 4.79 Å².